The lowest BCUT2D eigenvalue weighted by Crippen LogP contribution is -2.31. The summed E-state index contributed by atoms with van der Waals surface area (Å²) in [5.41, 5.74) is 2.82. The molecule has 0 saturated carbocycles. The van der Waals surface area contributed by atoms with Crippen molar-refractivity contribution in [3.8, 4) is 5.75 Å². The van der Waals surface area contributed by atoms with Gasteiger partial charge in [0.1, 0.15) is 11.6 Å². The van der Waals surface area contributed by atoms with E-state index in [2.05, 4.69) is 4.72 Å². The van der Waals surface area contributed by atoms with Crippen molar-refractivity contribution in [3.63, 3.8) is 0 Å². The Morgan fingerprint density at radius 3 is 2.29 bits per heavy atom. The van der Waals surface area contributed by atoms with Gasteiger partial charge in [0.2, 0.25) is 0 Å². The van der Waals surface area contributed by atoms with Crippen molar-refractivity contribution in [2.45, 2.75) is 18.7 Å². The van der Waals surface area contributed by atoms with Crippen LogP contribution in [0.25, 0.3) is 0 Å². The van der Waals surface area contributed by atoms with E-state index in [-0.39, 0.29) is 23.2 Å². The number of hydrogen-bond donors (Lipinski definition) is 1. The number of aryl methyl sites for hydroxylation is 2. The Balaban J connectivity index is 1.63. The number of nitrogens with zero attached hydrogens (tertiary/aromatic N) is 1. The third kappa shape index (κ3) is 5.61. The van der Waals surface area contributed by atoms with Gasteiger partial charge in [-0.3, -0.25) is 9.52 Å². The van der Waals surface area contributed by atoms with Crippen LogP contribution in [0, 0.1) is 19.7 Å². The number of sulfonamides is 1. The van der Waals surface area contributed by atoms with Gasteiger partial charge in [0.05, 0.1) is 10.6 Å². The Bertz CT molecular complexity index is 1180. The van der Waals surface area contributed by atoms with E-state index in [1.54, 1.807) is 13.1 Å². The first-order valence-corrected chi connectivity index (χ1v) is 11.0. The topological polar surface area (TPSA) is 75.7 Å². The summed E-state index contributed by atoms with van der Waals surface area (Å²) in [7, 11) is -2.20. The van der Waals surface area contributed by atoms with Gasteiger partial charge in [-0.1, -0.05) is 12.1 Å². The molecule has 0 unspecified atom stereocenters. The number of rotatable bonds is 7. The number of benzene rings is 3. The lowest BCUT2D eigenvalue weighted by atomic mass is 10.1. The van der Waals surface area contributed by atoms with Crippen LogP contribution < -0.4 is 14.4 Å². The molecule has 0 aromatic heterocycles. The molecule has 0 fully saturated rings. The average Bonchev–Trinajstić information content (AvgIpc) is 2.75. The quantitative estimate of drug-likeness (QED) is 0.592. The molecule has 0 bridgehead atoms. The van der Waals surface area contributed by atoms with Crippen LogP contribution in [0.1, 0.15) is 11.1 Å². The van der Waals surface area contributed by atoms with E-state index < -0.39 is 10.0 Å². The van der Waals surface area contributed by atoms with Gasteiger partial charge in [-0.2, -0.15) is 0 Å². The highest BCUT2D eigenvalue weighted by molar-refractivity contribution is 7.92. The summed E-state index contributed by atoms with van der Waals surface area (Å²) in [5.74, 6) is -0.366. The molecule has 0 radical (unpaired) electrons. The van der Waals surface area contributed by atoms with Crippen LogP contribution in [0.15, 0.2) is 71.6 Å². The van der Waals surface area contributed by atoms with Gasteiger partial charge in [0, 0.05) is 12.7 Å². The van der Waals surface area contributed by atoms with Crippen LogP contribution >= 0.6 is 0 Å². The minimum Gasteiger partial charge on any atom is -0.484 e. The summed E-state index contributed by atoms with van der Waals surface area (Å²) < 4.78 is 46.4. The third-order valence-electron chi connectivity index (χ3n) is 4.72. The van der Waals surface area contributed by atoms with Crippen LogP contribution in [-0.2, 0) is 14.8 Å². The Hall–Kier alpha value is -3.39. The molecular weight excluding hydrogens is 419 g/mol. The molecule has 0 spiro atoms. The number of halogens is 1. The summed E-state index contributed by atoms with van der Waals surface area (Å²) in [6, 6.07) is 16.9. The standard InChI is InChI=1S/C23H23FN2O4S/c1-16-4-5-17(2)22(14-16)25-31(28,29)21-12-10-20(11-13-21)30-15-23(27)26(3)19-8-6-18(24)7-9-19/h4-14,25H,15H2,1-3H3. The van der Waals surface area contributed by atoms with Crippen molar-refractivity contribution in [2.75, 3.05) is 23.3 Å². The summed E-state index contributed by atoms with van der Waals surface area (Å²) in [5, 5.41) is 0. The van der Waals surface area contributed by atoms with Crippen LogP contribution in [0.3, 0.4) is 0 Å². The molecule has 0 aliphatic heterocycles. The summed E-state index contributed by atoms with van der Waals surface area (Å²) >= 11 is 0. The molecule has 3 rings (SSSR count). The van der Waals surface area contributed by atoms with E-state index in [0.29, 0.717) is 17.1 Å². The Labute approximate surface area is 181 Å². The molecule has 0 atom stereocenters. The van der Waals surface area contributed by atoms with Gasteiger partial charge in [-0.25, -0.2) is 12.8 Å². The SMILES string of the molecule is Cc1ccc(C)c(NS(=O)(=O)c2ccc(OCC(=O)N(C)c3ccc(F)cc3)cc2)c1. The minimum atomic E-state index is -3.76. The molecule has 3 aromatic rings. The number of carbonyl (C=O) groups excluding carboxylic acids is 1. The third-order valence-corrected chi connectivity index (χ3v) is 6.10. The zero-order valence-electron chi connectivity index (χ0n) is 17.4. The molecule has 0 aliphatic carbocycles. The van der Waals surface area contributed by atoms with E-state index in [4.69, 9.17) is 4.74 Å². The van der Waals surface area contributed by atoms with E-state index in [9.17, 15) is 17.6 Å². The first-order valence-electron chi connectivity index (χ1n) is 9.51. The van der Waals surface area contributed by atoms with Crippen molar-refractivity contribution < 1.29 is 22.3 Å². The molecule has 1 amide bonds. The minimum absolute atomic E-state index is 0.0792. The second-order valence-corrected chi connectivity index (χ2v) is 8.80. The molecule has 8 heteroatoms. The zero-order chi connectivity index (χ0) is 22.6. The van der Waals surface area contributed by atoms with E-state index in [1.807, 2.05) is 26.0 Å². The number of hydrogen-bond acceptors (Lipinski definition) is 4. The molecule has 31 heavy (non-hydrogen) atoms. The Kier molecular flexibility index (Phi) is 6.60. The fourth-order valence-electron chi connectivity index (χ4n) is 2.82. The second kappa shape index (κ2) is 9.18. The van der Waals surface area contributed by atoms with Crippen molar-refractivity contribution in [2.24, 2.45) is 0 Å². The van der Waals surface area contributed by atoms with E-state index >= 15 is 0 Å². The zero-order valence-corrected chi connectivity index (χ0v) is 18.2. The lowest BCUT2D eigenvalue weighted by molar-refractivity contribution is -0.120. The number of amides is 1. The molecule has 1 N–H and O–H groups in total. The first kappa shape index (κ1) is 22.3. The van der Waals surface area contributed by atoms with Crippen LogP contribution in [-0.4, -0.2) is 28.0 Å². The number of ether oxygens (including phenoxy) is 1. The molecule has 0 aliphatic rings. The number of nitrogens with one attached hydrogen (secondary N) is 1. The number of anilines is 2. The number of likely N-dealkylation sites (N-methyl/N-ethyl adjacent to an activating group) is 1. The number of carbonyl (C=O) groups is 1. The molecule has 162 valence electrons. The van der Waals surface area contributed by atoms with Gasteiger partial charge in [-0.05, 0) is 79.6 Å². The van der Waals surface area contributed by atoms with Crippen molar-refractivity contribution in [1.82, 2.24) is 0 Å². The lowest BCUT2D eigenvalue weighted by Gasteiger charge is -2.17. The van der Waals surface area contributed by atoms with Crippen LogP contribution in [0.4, 0.5) is 15.8 Å². The fourth-order valence-corrected chi connectivity index (χ4v) is 3.94. The Morgan fingerprint density at radius 1 is 1.00 bits per heavy atom. The average molecular weight is 443 g/mol. The van der Waals surface area contributed by atoms with E-state index in [1.165, 1.54) is 53.4 Å². The summed E-state index contributed by atoms with van der Waals surface area (Å²) in [6.07, 6.45) is 0. The molecule has 0 saturated heterocycles. The van der Waals surface area contributed by atoms with Crippen LogP contribution in [0.2, 0.25) is 0 Å². The normalized spacial score (nSPS) is 11.1. The maximum Gasteiger partial charge on any atom is 0.264 e. The fraction of sp³-hybridized carbons (Fsp3) is 0.174. The maximum atomic E-state index is 13.0. The summed E-state index contributed by atoms with van der Waals surface area (Å²) in [4.78, 5) is 13.7. The largest absolute Gasteiger partial charge is 0.484 e. The van der Waals surface area contributed by atoms with Gasteiger partial charge >= 0.3 is 0 Å². The maximum absolute atomic E-state index is 13.0. The Morgan fingerprint density at radius 2 is 1.65 bits per heavy atom. The predicted molar refractivity (Wildman–Crippen MR) is 118 cm³/mol. The highest BCUT2D eigenvalue weighted by Crippen LogP contribution is 2.23. The first-order chi connectivity index (χ1) is 14.7. The summed E-state index contributed by atoms with van der Waals surface area (Å²) in [6.45, 7) is 3.47. The van der Waals surface area contributed by atoms with E-state index in [0.717, 1.165) is 11.1 Å². The molecular formula is C23H23FN2O4S. The van der Waals surface area contributed by atoms with Gasteiger partial charge in [0.25, 0.3) is 15.9 Å². The monoisotopic (exact) mass is 442 g/mol. The van der Waals surface area contributed by atoms with Gasteiger partial charge in [-0.15, -0.1) is 0 Å². The van der Waals surface area contributed by atoms with Crippen molar-refractivity contribution >= 4 is 27.3 Å². The second-order valence-electron chi connectivity index (χ2n) is 7.11. The highest BCUT2D eigenvalue weighted by Gasteiger charge is 2.16. The van der Waals surface area contributed by atoms with Crippen molar-refractivity contribution in [3.05, 3.63) is 83.7 Å². The van der Waals surface area contributed by atoms with Crippen LogP contribution in [0.5, 0.6) is 5.75 Å². The molecule has 3 aromatic carbocycles. The molecule has 0 heterocycles. The van der Waals surface area contributed by atoms with Gasteiger partial charge in [0.15, 0.2) is 6.61 Å². The van der Waals surface area contributed by atoms with Crippen molar-refractivity contribution in [1.29, 1.82) is 0 Å². The molecule has 6 nitrogen and oxygen atoms in total. The van der Waals surface area contributed by atoms with Gasteiger partial charge < -0.3 is 9.64 Å². The predicted octanol–water partition coefficient (Wildman–Crippen LogP) is 4.29. The highest BCUT2D eigenvalue weighted by atomic mass is 32.2. The smallest absolute Gasteiger partial charge is 0.264 e.